The number of benzene rings is 1. The van der Waals surface area contributed by atoms with Gasteiger partial charge in [-0.15, -0.1) is 24.0 Å². The van der Waals surface area contributed by atoms with Crippen molar-refractivity contribution < 1.29 is 9.13 Å². The van der Waals surface area contributed by atoms with E-state index in [0.717, 1.165) is 12.0 Å². The maximum atomic E-state index is 12.7. The largest absolute Gasteiger partial charge is 0.383 e. The molecule has 0 saturated carbocycles. The molecule has 0 amide bonds. The van der Waals surface area contributed by atoms with Crippen molar-refractivity contribution >= 4 is 29.9 Å². The van der Waals surface area contributed by atoms with Crippen LogP contribution >= 0.6 is 24.0 Å². The quantitative estimate of drug-likeness (QED) is 0.450. The van der Waals surface area contributed by atoms with E-state index in [0.29, 0.717) is 19.1 Å². The van der Waals surface area contributed by atoms with E-state index in [1.54, 1.807) is 19.2 Å². The smallest absolute Gasteiger partial charge is 0.188 e. The SMILES string of the molecule is COCC(C)NC(N)=NCCc1ccc(F)cc1.I. The summed E-state index contributed by atoms with van der Waals surface area (Å²) in [7, 11) is 1.64. The number of nitrogens with zero attached hydrogens (tertiary/aromatic N) is 1. The lowest BCUT2D eigenvalue weighted by atomic mass is 10.1. The molecule has 1 unspecified atom stereocenters. The highest BCUT2D eigenvalue weighted by Crippen LogP contribution is 2.03. The van der Waals surface area contributed by atoms with Crippen LogP contribution in [-0.2, 0) is 11.2 Å². The predicted octanol–water partition coefficient (Wildman–Crippen LogP) is 1.93. The number of halogens is 2. The molecule has 1 aromatic rings. The van der Waals surface area contributed by atoms with Gasteiger partial charge in [-0.3, -0.25) is 4.99 Å². The molecule has 0 fully saturated rings. The second kappa shape index (κ2) is 9.96. The van der Waals surface area contributed by atoms with E-state index in [2.05, 4.69) is 10.3 Å². The summed E-state index contributed by atoms with van der Waals surface area (Å²) in [5.74, 6) is 0.179. The van der Waals surface area contributed by atoms with Crippen molar-refractivity contribution in [3.05, 3.63) is 35.6 Å². The minimum absolute atomic E-state index is 0. The fraction of sp³-hybridized carbons (Fsp3) is 0.462. The number of nitrogens with one attached hydrogen (secondary N) is 1. The van der Waals surface area contributed by atoms with Crippen molar-refractivity contribution in [2.24, 2.45) is 10.7 Å². The van der Waals surface area contributed by atoms with Gasteiger partial charge in [-0.1, -0.05) is 12.1 Å². The molecule has 0 aliphatic carbocycles. The van der Waals surface area contributed by atoms with Crippen molar-refractivity contribution in [3.63, 3.8) is 0 Å². The van der Waals surface area contributed by atoms with E-state index in [9.17, 15) is 4.39 Å². The van der Waals surface area contributed by atoms with Crippen LogP contribution in [0.5, 0.6) is 0 Å². The summed E-state index contributed by atoms with van der Waals surface area (Å²) in [5, 5.41) is 3.02. The number of guanidine groups is 1. The summed E-state index contributed by atoms with van der Waals surface area (Å²) in [6.45, 7) is 3.12. The van der Waals surface area contributed by atoms with Gasteiger partial charge in [-0.2, -0.15) is 0 Å². The molecule has 3 N–H and O–H groups in total. The highest BCUT2D eigenvalue weighted by atomic mass is 127. The molecule has 0 aliphatic rings. The number of rotatable bonds is 6. The molecule has 108 valence electrons. The van der Waals surface area contributed by atoms with Gasteiger partial charge in [0.1, 0.15) is 5.82 Å². The summed E-state index contributed by atoms with van der Waals surface area (Å²) >= 11 is 0. The van der Waals surface area contributed by atoms with Crippen molar-refractivity contribution in [2.75, 3.05) is 20.3 Å². The van der Waals surface area contributed by atoms with Crippen LogP contribution in [0.1, 0.15) is 12.5 Å². The van der Waals surface area contributed by atoms with Crippen LogP contribution in [0.4, 0.5) is 4.39 Å². The molecule has 19 heavy (non-hydrogen) atoms. The lowest BCUT2D eigenvalue weighted by Gasteiger charge is -2.12. The Morgan fingerprint density at radius 1 is 1.42 bits per heavy atom. The average molecular weight is 381 g/mol. The summed E-state index contributed by atoms with van der Waals surface area (Å²) in [6.07, 6.45) is 0.737. The van der Waals surface area contributed by atoms with Crippen molar-refractivity contribution in [3.8, 4) is 0 Å². The molecule has 1 aromatic carbocycles. The third kappa shape index (κ3) is 7.99. The molecule has 0 radical (unpaired) electrons. The van der Waals surface area contributed by atoms with Crippen LogP contribution in [0.15, 0.2) is 29.3 Å². The summed E-state index contributed by atoms with van der Waals surface area (Å²) in [5.41, 5.74) is 6.76. The molecule has 4 nitrogen and oxygen atoms in total. The van der Waals surface area contributed by atoms with Crippen molar-refractivity contribution in [2.45, 2.75) is 19.4 Å². The zero-order valence-corrected chi connectivity index (χ0v) is 13.6. The van der Waals surface area contributed by atoms with E-state index < -0.39 is 0 Å². The van der Waals surface area contributed by atoms with E-state index >= 15 is 0 Å². The van der Waals surface area contributed by atoms with Gasteiger partial charge in [0.05, 0.1) is 6.61 Å². The van der Waals surface area contributed by atoms with Gasteiger partial charge in [0, 0.05) is 19.7 Å². The van der Waals surface area contributed by atoms with Crippen LogP contribution in [0, 0.1) is 5.82 Å². The minimum Gasteiger partial charge on any atom is -0.383 e. The first-order valence-electron chi connectivity index (χ1n) is 5.91. The summed E-state index contributed by atoms with van der Waals surface area (Å²) in [6, 6.07) is 6.52. The minimum atomic E-state index is -0.225. The van der Waals surface area contributed by atoms with Crippen LogP contribution in [0.3, 0.4) is 0 Å². The molecular formula is C13H21FIN3O. The van der Waals surface area contributed by atoms with E-state index in [1.165, 1.54) is 12.1 Å². The van der Waals surface area contributed by atoms with Crippen LogP contribution in [0.2, 0.25) is 0 Å². The number of hydrogen-bond donors (Lipinski definition) is 2. The Morgan fingerprint density at radius 2 is 2.05 bits per heavy atom. The fourth-order valence-corrected chi connectivity index (χ4v) is 1.55. The Hall–Kier alpha value is -0.890. The third-order valence-electron chi connectivity index (χ3n) is 2.41. The van der Waals surface area contributed by atoms with Gasteiger partial charge in [0.2, 0.25) is 0 Å². The molecule has 0 bridgehead atoms. The van der Waals surface area contributed by atoms with E-state index in [-0.39, 0.29) is 35.8 Å². The summed E-state index contributed by atoms with van der Waals surface area (Å²) in [4.78, 5) is 4.20. The highest BCUT2D eigenvalue weighted by Gasteiger charge is 2.01. The van der Waals surface area contributed by atoms with Crippen LogP contribution < -0.4 is 11.1 Å². The number of aliphatic imine (C=N–C) groups is 1. The maximum absolute atomic E-state index is 12.7. The van der Waals surface area contributed by atoms with Crippen molar-refractivity contribution in [1.82, 2.24) is 5.32 Å². The molecule has 6 heteroatoms. The van der Waals surface area contributed by atoms with E-state index in [1.807, 2.05) is 6.92 Å². The molecular weight excluding hydrogens is 360 g/mol. The first-order chi connectivity index (χ1) is 8.61. The van der Waals surface area contributed by atoms with Gasteiger partial charge < -0.3 is 15.8 Å². The van der Waals surface area contributed by atoms with Crippen molar-refractivity contribution in [1.29, 1.82) is 0 Å². The fourth-order valence-electron chi connectivity index (χ4n) is 1.55. The predicted molar refractivity (Wildman–Crippen MR) is 86.5 cm³/mol. The average Bonchev–Trinajstić information content (AvgIpc) is 2.32. The molecule has 0 spiro atoms. The molecule has 0 aromatic heterocycles. The topological polar surface area (TPSA) is 59.6 Å². The third-order valence-corrected chi connectivity index (χ3v) is 2.41. The Bertz CT molecular complexity index is 384. The number of methoxy groups -OCH3 is 1. The van der Waals surface area contributed by atoms with Gasteiger partial charge in [-0.05, 0) is 31.0 Å². The summed E-state index contributed by atoms with van der Waals surface area (Å²) < 4.78 is 17.7. The highest BCUT2D eigenvalue weighted by molar-refractivity contribution is 14.0. The zero-order chi connectivity index (χ0) is 13.4. The second-order valence-electron chi connectivity index (χ2n) is 4.14. The first kappa shape index (κ1) is 18.1. The zero-order valence-electron chi connectivity index (χ0n) is 11.2. The van der Waals surface area contributed by atoms with E-state index in [4.69, 9.17) is 10.5 Å². The van der Waals surface area contributed by atoms with Crippen LogP contribution in [0.25, 0.3) is 0 Å². The number of hydrogen-bond acceptors (Lipinski definition) is 2. The Morgan fingerprint density at radius 3 is 2.63 bits per heavy atom. The Kier molecular flexibility index (Phi) is 9.50. The molecule has 0 saturated heterocycles. The molecule has 0 heterocycles. The monoisotopic (exact) mass is 381 g/mol. The molecule has 0 aliphatic heterocycles. The van der Waals surface area contributed by atoms with Gasteiger partial charge in [-0.25, -0.2) is 4.39 Å². The molecule has 1 atom stereocenters. The lowest BCUT2D eigenvalue weighted by molar-refractivity contribution is 0.179. The second-order valence-corrected chi connectivity index (χ2v) is 4.14. The maximum Gasteiger partial charge on any atom is 0.188 e. The standard InChI is InChI=1S/C13H20FN3O.HI/c1-10(9-18-2)17-13(15)16-8-7-11-3-5-12(14)6-4-11;/h3-6,10H,7-9H2,1-2H3,(H3,15,16,17);1H. The molecule has 1 rings (SSSR count). The lowest BCUT2D eigenvalue weighted by Crippen LogP contribution is -2.40. The first-order valence-corrected chi connectivity index (χ1v) is 5.91. The van der Waals surface area contributed by atoms with Gasteiger partial charge in [0.25, 0.3) is 0 Å². The van der Waals surface area contributed by atoms with Gasteiger partial charge in [0.15, 0.2) is 5.96 Å². The Balaban J connectivity index is 0.00000324. The Labute approximate surface area is 130 Å². The van der Waals surface area contributed by atoms with Crippen LogP contribution in [-0.4, -0.2) is 32.3 Å². The number of ether oxygens (including phenoxy) is 1. The number of nitrogens with two attached hydrogens (primary N) is 1. The normalized spacial score (nSPS) is 12.7. The van der Waals surface area contributed by atoms with Gasteiger partial charge >= 0.3 is 0 Å².